The van der Waals surface area contributed by atoms with Crippen LogP contribution in [0.15, 0.2) is 6.20 Å². The molecule has 0 aromatic carbocycles. The second kappa shape index (κ2) is 6.91. The van der Waals surface area contributed by atoms with Crippen LogP contribution in [0.3, 0.4) is 0 Å². The van der Waals surface area contributed by atoms with E-state index in [1.807, 2.05) is 11.7 Å². The summed E-state index contributed by atoms with van der Waals surface area (Å²) in [4.78, 5) is 0. The van der Waals surface area contributed by atoms with Gasteiger partial charge >= 0.3 is 0 Å². The van der Waals surface area contributed by atoms with Gasteiger partial charge in [0, 0.05) is 14.2 Å². The summed E-state index contributed by atoms with van der Waals surface area (Å²) >= 11 is 0. The average Bonchev–Trinajstić information content (AvgIpc) is 2.81. The van der Waals surface area contributed by atoms with E-state index >= 15 is 0 Å². The summed E-state index contributed by atoms with van der Waals surface area (Å²) in [6.07, 6.45) is 3.60. The first-order valence-electron chi connectivity index (χ1n) is 6.94. The van der Waals surface area contributed by atoms with E-state index in [4.69, 9.17) is 9.47 Å². The molecule has 1 rings (SSSR count). The third kappa shape index (κ3) is 2.92. The molecule has 0 fully saturated rings. The molecule has 0 radical (unpaired) electrons. The summed E-state index contributed by atoms with van der Waals surface area (Å²) in [5.74, 6) is 0.803. The predicted octanol–water partition coefficient (Wildman–Crippen LogP) is 2.28. The van der Waals surface area contributed by atoms with Crippen LogP contribution >= 0.6 is 0 Å². The van der Waals surface area contributed by atoms with Crippen LogP contribution in [-0.4, -0.2) is 36.1 Å². The maximum atomic E-state index is 5.87. The summed E-state index contributed by atoms with van der Waals surface area (Å²) in [7, 11) is 5.39. The monoisotopic (exact) mass is 269 g/mol. The molecular formula is C14H27N3O2. The Bertz CT molecular complexity index is 378. The number of rotatable bonds is 8. The molecule has 1 aromatic rings. The first-order chi connectivity index (χ1) is 9.10. The number of nitrogens with one attached hydrogen (secondary N) is 1. The van der Waals surface area contributed by atoms with Crippen molar-refractivity contribution >= 4 is 0 Å². The highest BCUT2D eigenvalue weighted by molar-refractivity contribution is 5.30. The molecule has 0 aliphatic carbocycles. The smallest absolute Gasteiger partial charge is 0.161 e. The standard InChI is InChI=1S/C14H27N3O2/c1-7-14(8-2,19-6)13(15-9-3)12-11(18-5)10-16-17(12)4/h10,13,15H,7-9H2,1-6H3. The molecule has 0 aliphatic heterocycles. The number of aromatic nitrogens is 2. The molecule has 1 atom stereocenters. The molecule has 5 nitrogen and oxygen atoms in total. The van der Waals surface area contributed by atoms with Crippen molar-refractivity contribution in [1.29, 1.82) is 0 Å². The largest absolute Gasteiger partial charge is 0.493 e. The highest BCUT2D eigenvalue weighted by Gasteiger charge is 2.39. The van der Waals surface area contributed by atoms with Gasteiger partial charge in [0.25, 0.3) is 0 Å². The fourth-order valence-corrected chi connectivity index (χ4v) is 2.71. The van der Waals surface area contributed by atoms with Crippen LogP contribution in [0.25, 0.3) is 0 Å². The molecule has 1 aromatic heterocycles. The Hall–Kier alpha value is -1.07. The first kappa shape index (κ1) is 16.0. The Balaban J connectivity index is 3.29. The van der Waals surface area contributed by atoms with Crippen LogP contribution in [0.1, 0.15) is 45.3 Å². The van der Waals surface area contributed by atoms with Crippen LogP contribution in [0.5, 0.6) is 5.75 Å². The number of aryl methyl sites for hydroxylation is 1. The minimum atomic E-state index is -0.253. The maximum absolute atomic E-state index is 5.87. The molecule has 19 heavy (non-hydrogen) atoms. The average molecular weight is 269 g/mol. The molecule has 0 spiro atoms. The van der Waals surface area contributed by atoms with Gasteiger partial charge in [-0.05, 0) is 19.4 Å². The summed E-state index contributed by atoms with van der Waals surface area (Å²) < 4.78 is 13.2. The van der Waals surface area contributed by atoms with Crippen molar-refractivity contribution < 1.29 is 9.47 Å². The van der Waals surface area contributed by atoms with Crippen LogP contribution in [0, 0.1) is 0 Å². The van der Waals surface area contributed by atoms with Gasteiger partial charge in [-0.1, -0.05) is 20.8 Å². The first-order valence-corrected chi connectivity index (χ1v) is 6.94. The van der Waals surface area contributed by atoms with E-state index in [9.17, 15) is 0 Å². The number of hydrogen-bond acceptors (Lipinski definition) is 4. The summed E-state index contributed by atoms with van der Waals surface area (Å²) in [5, 5.41) is 7.83. The highest BCUT2D eigenvalue weighted by atomic mass is 16.5. The van der Waals surface area contributed by atoms with Crippen molar-refractivity contribution in [1.82, 2.24) is 15.1 Å². The minimum absolute atomic E-state index is 0.0555. The highest BCUT2D eigenvalue weighted by Crippen LogP contribution is 2.38. The van der Waals surface area contributed by atoms with Crippen molar-refractivity contribution in [3.63, 3.8) is 0 Å². The quantitative estimate of drug-likeness (QED) is 0.786. The fourth-order valence-electron chi connectivity index (χ4n) is 2.71. The molecule has 0 amide bonds. The topological polar surface area (TPSA) is 48.3 Å². The molecule has 0 saturated heterocycles. The van der Waals surface area contributed by atoms with Crippen LogP contribution in [0.2, 0.25) is 0 Å². The van der Waals surface area contributed by atoms with Gasteiger partial charge in [-0.15, -0.1) is 0 Å². The Morgan fingerprint density at radius 2 is 1.95 bits per heavy atom. The van der Waals surface area contributed by atoms with E-state index in [1.54, 1.807) is 20.4 Å². The van der Waals surface area contributed by atoms with Crippen molar-refractivity contribution in [2.24, 2.45) is 7.05 Å². The SMILES string of the molecule is CCNC(c1c(OC)cnn1C)C(CC)(CC)OC. The lowest BCUT2D eigenvalue weighted by atomic mass is 9.85. The summed E-state index contributed by atoms with van der Waals surface area (Å²) in [6, 6.07) is 0.0555. The lowest BCUT2D eigenvalue weighted by Gasteiger charge is -2.39. The molecule has 110 valence electrons. The molecule has 0 saturated carbocycles. The Labute approximate surface area is 116 Å². The molecule has 0 bridgehead atoms. The number of ether oxygens (including phenoxy) is 2. The second-order valence-electron chi connectivity index (χ2n) is 4.69. The van der Waals surface area contributed by atoms with Gasteiger partial charge in [-0.25, -0.2) is 0 Å². The van der Waals surface area contributed by atoms with Gasteiger partial charge in [0.15, 0.2) is 5.75 Å². The molecule has 1 heterocycles. The van der Waals surface area contributed by atoms with Gasteiger partial charge in [-0.2, -0.15) is 5.10 Å². The zero-order chi connectivity index (χ0) is 14.5. The van der Waals surface area contributed by atoms with Crippen LogP contribution in [-0.2, 0) is 11.8 Å². The van der Waals surface area contributed by atoms with Gasteiger partial charge in [0.05, 0.1) is 30.6 Å². The Kier molecular flexibility index (Phi) is 5.82. The number of hydrogen-bond donors (Lipinski definition) is 1. The van der Waals surface area contributed by atoms with Gasteiger partial charge in [-0.3, -0.25) is 4.68 Å². The third-order valence-corrected chi connectivity index (χ3v) is 3.98. The lowest BCUT2D eigenvalue weighted by molar-refractivity contribution is -0.0506. The van der Waals surface area contributed by atoms with Crippen LogP contribution < -0.4 is 10.1 Å². The predicted molar refractivity (Wildman–Crippen MR) is 76.5 cm³/mol. The minimum Gasteiger partial charge on any atom is -0.493 e. The summed E-state index contributed by atoms with van der Waals surface area (Å²) in [6.45, 7) is 7.27. The molecular weight excluding hydrogens is 242 g/mol. The molecule has 0 aliphatic rings. The summed E-state index contributed by atoms with van der Waals surface area (Å²) in [5.41, 5.74) is 0.784. The van der Waals surface area contributed by atoms with E-state index in [1.165, 1.54) is 0 Å². The van der Waals surface area contributed by atoms with Gasteiger partial charge < -0.3 is 14.8 Å². The Morgan fingerprint density at radius 3 is 2.37 bits per heavy atom. The number of nitrogens with zero attached hydrogens (tertiary/aromatic N) is 2. The zero-order valence-corrected chi connectivity index (χ0v) is 13.0. The zero-order valence-electron chi connectivity index (χ0n) is 13.0. The molecule has 1 unspecified atom stereocenters. The van der Waals surface area contributed by atoms with Crippen LogP contribution in [0.4, 0.5) is 0 Å². The number of methoxy groups -OCH3 is 2. The normalized spacial score (nSPS) is 13.6. The van der Waals surface area contributed by atoms with Crippen molar-refractivity contribution in [2.45, 2.75) is 45.3 Å². The second-order valence-corrected chi connectivity index (χ2v) is 4.69. The van der Waals surface area contributed by atoms with Crippen molar-refractivity contribution in [3.05, 3.63) is 11.9 Å². The van der Waals surface area contributed by atoms with E-state index in [0.717, 1.165) is 30.8 Å². The van der Waals surface area contributed by atoms with E-state index < -0.39 is 0 Å². The third-order valence-electron chi connectivity index (χ3n) is 3.98. The van der Waals surface area contributed by atoms with Gasteiger partial charge in [0.2, 0.25) is 0 Å². The molecule has 1 N–H and O–H groups in total. The van der Waals surface area contributed by atoms with Crippen molar-refractivity contribution in [3.8, 4) is 5.75 Å². The molecule has 5 heteroatoms. The maximum Gasteiger partial charge on any atom is 0.161 e. The number of likely N-dealkylation sites (N-methyl/N-ethyl adjacent to an activating group) is 1. The Morgan fingerprint density at radius 1 is 1.32 bits per heavy atom. The van der Waals surface area contributed by atoms with Gasteiger partial charge in [0.1, 0.15) is 0 Å². The fraction of sp³-hybridized carbons (Fsp3) is 0.786. The van der Waals surface area contributed by atoms with Crippen molar-refractivity contribution in [2.75, 3.05) is 20.8 Å². The lowest BCUT2D eigenvalue weighted by Crippen LogP contribution is -2.45. The van der Waals surface area contributed by atoms with E-state index in [2.05, 4.69) is 31.2 Å². The van der Waals surface area contributed by atoms with E-state index in [0.29, 0.717) is 0 Å². The van der Waals surface area contributed by atoms with E-state index in [-0.39, 0.29) is 11.6 Å².